The zero-order chi connectivity index (χ0) is 23.0. The van der Waals surface area contributed by atoms with Gasteiger partial charge in [-0.05, 0) is 24.9 Å². The minimum Gasteiger partial charge on any atom is -0.467 e. The van der Waals surface area contributed by atoms with Gasteiger partial charge in [-0.15, -0.1) is 0 Å². The first-order chi connectivity index (χ1) is 16.1. The molecule has 2 aromatic rings. The number of esters is 1. The molecule has 3 N–H and O–H groups in total. The molecule has 3 atom stereocenters. The number of quaternary nitrogens is 1. The highest BCUT2D eigenvalue weighted by Crippen LogP contribution is 2.14. The molecule has 0 aliphatic carbocycles. The van der Waals surface area contributed by atoms with Gasteiger partial charge in [0.15, 0.2) is 6.67 Å². The average Bonchev–Trinajstić information content (AvgIpc) is 3.50. The van der Waals surface area contributed by atoms with Crippen LogP contribution >= 0.6 is 0 Å². The molecule has 4 rings (SSSR count). The summed E-state index contributed by atoms with van der Waals surface area (Å²) in [5, 5.41) is 6.13. The summed E-state index contributed by atoms with van der Waals surface area (Å²) in [6, 6.07) is 19.7. The molecule has 0 saturated carbocycles. The summed E-state index contributed by atoms with van der Waals surface area (Å²) in [5.74, 6) is -0.546. The monoisotopic (exact) mass is 449 g/mol. The van der Waals surface area contributed by atoms with Gasteiger partial charge in [0.2, 0.25) is 5.91 Å². The summed E-state index contributed by atoms with van der Waals surface area (Å²) in [4.78, 5) is 28.8. The van der Waals surface area contributed by atoms with Crippen LogP contribution in [0.4, 0.5) is 0 Å². The Bertz CT molecular complexity index is 958. The third kappa shape index (κ3) is 6.21. The van der Waals surface area contributed by atoms with Crippen molar-refractivity contribution < 1.29 is 19.2 Å². The third-order valence-electron chi connectivity index (χ3n) is 6.28. The van der Waals surface area contributed by atoms with Crippen LogP contribution in [-0.2, 0) is 27.4 Å². The van der Waals surface area contributed by atoms with Crippen LogP contribution in [0.2, 0.25) is 0 Å². The van der Waals surface area contributed by atoms with E-state index in [1.165, 1.54) is 23.1 Å². The number of rotatable bonds is 9. The van der Waals surface area contributed by atoms with Crippen molar-refractivity contribution in [3.05, 3.63) is 83.7 Å². The predicted molar refractivity (Wildman–Crippen MR) is 126 cm³/mol. The predicted octanol–water partition coefficient (Wildman–Crippen LogP) is 1.19. The summed E-state index contributed by atoms with van der Waals surface area (Å²) in [6.45, 7) is 3.23. The van der Waals surface area contributed by atoms with Crippen molar-refractivity contribution in [2.45, 2.75) is 44.4 Å². The number of hydrogen-bond donors (Lipinski definition) is 3. The van der Waals surface area contributed by atoms with Crippen molar-refractivity contribution in [3.8, 4) is 0 Å². The molecule has 1 unspecified atom stereocenters. The molecule has 0 aromatic heterocycles. The molecular formula is C26H33N4O3+. The second-order valence-electron chi connectivity index (χ2n) is 8.75. The summed E-state index contributed by atoms with van der Waals surface area (Å²) in [7, 11) is 1.37. The Morgan fingerprint density at radius 2 is 1.82 bits per heavy atom. The van der Waals surface area contributed by atoms with Gasteiger partial charge in [0, 0.05) is 12.1 Å². The van der Waals surface area contributed by atoms with Gasteiger partial charge in [-0.1, -0.05) is 60.7 Å². The number of amides is 1. The number of carbonyl (C=O) groups is 2. The zero-order valence-electron chi connectivity index (χ0n) is 19.1. The normalized spacial score (nSPS) is 20.9. The van der Waals surface area contributed by atoms with E-state index in [0.717, 1.165) is 44.8 Å². The van der Waals surface area contributed by atoms with E-state index in [1.807, 2.05) is 36.4 Å². The molecule has 7 nitrogen and oxygen atoms in total. The van der Waals surface area contributed by atoms with E-state index in [-0.39, 0.29) is 11.9 Å². The van der Waals surface area contributed by atoms with E-state index in [0.29, 0.717) is 6.42 Å². The highest BCUT2D eigenvalue weighted by Gasteiger charge is 2.34. The summed E-state index contributed by atoms with van der Waals surface area (Å²) in [6.07, 6.45) is 4.31. The van der Waals surface area contributed by atoms with E-state index >= 15 is 0 Å². The molecule has 174 valence electrons. The number of nitrogens with zero attached hydrogens (tertiary/aromatic N) is 1. The Hall–Kier alpha value is -3.16. The number of benzene rings is 2. The van der Waals surface area contributed by atoms with Gasteiger partial charge in [-0.25, -0.2) is 4.79 Å². The lowest BCUT2D eigenvalue weighted by Crippen LogP contribution is -3.08. The molecule has 2 aliphatic heterocycles. The third-order valence-corrected chi connectivity index (χ3v) is 6.28. The van der Waals surface area contributed by atoms with E-state index in [9.17, 15) is 9.59 Å². The molecule has 1 fully saturated rings. The topological polar surface area (TPSA) is 75.1 Å². The second kappa shape index (κ2) is 11.1. The van der Waals surface area contributed by atoms with E-state index in [2.05, 4.69) is 46.0 Å². The van der Waals surface area contributed by atoms with Gasteiger partial charge in [0.05, 0.1) is 25.8 Å². The van der Waals surface area contributed by atoms with Gasteiger partial charge in [-0.3, -0.25) is 9.69 Å². The number of hydrogen-bond acceptors (Lipinski definition) is 5. The lowest BCUT2D eigenvalue weighted by Gasteiger charge is -2.22. The smallest absolute Gasteiger partial charge is 0.328 e. The van der Waals surface area contributed by atoms with Gasteiger partial charge in [0.1, 0.15) is 18.3 Å². The molecule has 0 bridgehead atoms. The Morgan fingerprint density at radius 1 is 1.12 bits per heavy atom. The standard InChI is InChI=1S/C26H32N4O3/c1-33-26(32)24(28-25(31)23-13-8-14-27-23)15-22-18-29(16-20-9-4-2-5-10-20)19-30(22)17-21-11-6-3-7-12-21/h2-7,9-12,18,23-24,27H,8,13-17,19H2,1H3,(H,28,31)/p+1/t23-,24-/m0/s1. The quantitative estimate of drug-likeness (QED) is 0.502. The van der Waals surface area contributed by atoms with E-state index < -0.39 is 12.0 Å². The number of nitrogens with one attached hydrogen (secondary N) is 3. The summed E-state index contributed by atoms with van der Waals surface area (Å²) < 4.78 is 5.04. The highest BCUT2D eigenvalue weighted by atomic mass is 16.5. The number of ether oxygens (including phenoxy) is 1. The minimum atomic E-state index is -0.710. The molecule has 7 heteroatoms. The van der Waals surface area contributed by atoms with Crippen molar-refractivity contribution in [1.29, 1.82) is 0 Å². The van der Waals surface area contributed by atoms with E-state index in [4.69, 9.17) is 4.74 Å². The minimum absolute atomic E-state index is 0.132. The molecular weight excluding hydrogens is 416 g/mol. The molecule has 0 spiro atoms. The first kappa shape index (κ1) is 23.0. The van der Waals surface area contributed by atoms with Crippen LogP contribution in [0.3, 0.4) is 0 Å². The van der Waals surface area contributed by atoms with Gasteiger partial charge in [0.25, 0.3) is 0 Å². The highest BCUT2D eigenvalue weighted by molar-refractivity contribution is 5.87. The van der Waals surface area contributed by atoms with Crippen molar-refractivity contribution in [2.75, 3.05) is 20.3 Å². The van der Waals surface area contributed by atoms with Crippen molar-refractivity contribution >= 4 is 11.9 Å². The maximum absolute atomic E-state index is 12.7. The largest absolute Gasteiger partial charge is 0.467 e. The van der Waals surface area contributed by atoms with Crippen molar-refractivity contribution in [1.82, 2.24) is 15.5 Å². The van der Waals surface area contributed by atoms with Crippen LogP contribution in [0, 0.1) is 0 Å². The Kier molecular flexibility index (Phi) is 7.75. The molecule has 1 saturated heterocycles. The maximum atomic E-state index is 12.7. The van der Waals surface area contributed by atoms with Gasteiger partial charge < -0.3 is 20.3 Å². The van der Waals surface area contributed by atoms with Crippen molar-refractivity contribution in [3.63, 3.8) is 0 Å². The second-order valence-corrected chi connectivity index (χ2v) is 8.75. The van der Waals surface area contributed by atoms with Crippen LogP contribution in [0.15, 0.2) is 72.6 Å². The molecule has 1 amide bonds. The Labute approximate surface area is 195 Å². The van der Waals surface area contributed by atoms with Crippen molar-refractivity contribution in [2.24, 2.45) is 0 Å². The van der Waals surface area contributed by atoms with Crippen LogP contribution in [0.25, 0.3) is 0 Å². The lowest BCUT2D eigenvalue weighted by atomic mass is 10.1. The fourth-order valence-electron chi connectivity index (χ4n) is 4.57. The summed E-state index contributed by atoms with van der Waals surface area (Å²) >= 11 is 0. The van der Waals surface area contributed by atoms with E-state index in [1.54, 1.807) is 0 Å². The molecule has 2 heterocycles. The first-order valence-corrected chi connectivity index (χ1v) is 11.6. The average molecular weight is 450 g/mol. The fourth-order valence-corrected chi connectivity index (χ4v) is 4.57. The molecule has 2 aromatic carbocycles. The number of carbonyl (C=O) groups excluding carboxylic acids is 2. The zero-order valence-corrected chi connectivity index (χ0v) is 19.1. The SMILES string of the molecule is COC(=O)[C@H](CC1=CN(Cc2ccccc2)C[NH+]1Cc1ccccc1)NC(=O)[C@@H]1CCCN1. The fraction of sp³-hybridized carbons (Fsp3) is 0.385. The van der Waals surface area contributed by atoms with Crippen LogP contribution in [-0.4, -0.2) is 49.2 Å². The molecule has 33 heavy (non-hydrogen) atoms. The van der Waals surface area contributed by atoms with Crippen LogP contribution in [0.1, 0.15) is 30.4 Å². The van der Waals surface area contributed by atoms with Gasteiger partial charge in [-0.2, -0.15) is 0 Å². The Balaban J connectivity index is 1.51. The Morgan fingerprint density at radius 3 is 2.45 bits per heavy atom. The maximum Gasteiger partial charge on any atom is 0.328 e. The van der Waals surface area contributed by atoms with Crippen LogP contribution < -0.4 is 15.5 Å². The lowest BCUT2D eigenvalue weighted by molar-refractivity contribution is -0.878. The van der Waals surface area contributed by atoms with Crippen LogP contribution in [0.5, 0.6) is 0 Å². The summed E-state index contributed by atoms with van der Waals surface area (Å²) in [5.41, 5.74) is 3.55. The molecule has 0 radical (unpaired) electrons. The van der Waals surface area contributed by atoms with Gasteiger partial charge >= 0.3 is 5.97 Å². The molecule has 2 aliphatic rings. The number of methoxy groups -OCH3 is 1. The first-order valence-electron chi connectivity index (χ1n) is 11.6.